The molecule has 1 aliphatic carbocycles. The van der Waals surface area contributed by atoms with Crippen molar-refractivity contribution in [2.45, 2.75) is 64.6 Å². The van der Waals surface area contributed by atoms with Crippen LogP contribution in [0.4, 0.5) is 0 Å². The van der Waals surface area contributed by atoms with Crippen LogP contribution >= 0.6 is 0 Å². The van der Waals surface area contributed by atoms with Crippen LogP contribution in [0, 0.1) is 5.41 Å². The summed E-state index contributed by atoms with van der Waals surface area (Å²) in [6, 6.07) is 0.501. The Kier molecular flexibility index (Phi) is 4.56. The summed E-state index contributed by atoms with van der Waals surface area (Å²) < 4.78 is 0. The van der Waals surface area contributed by atoms with Crippen molar-refractivity contribution in [2.24, 2.45) is 5.41 Å². The molecule has 0 aromatic heterocycles. The van der Waals surface area contributed by atoms with E-state index in [-0.39, 0.29) is 30.2 Å². The number of hydrogen-bond donors (Lipinski definition) is 3. The molecule has 1 rings (SSSR count). The summed E-state index contributed by atoms with van der Waals surface area (Å²) in [6.45, 7) is 6.71. The molecule has 0 spiro atoms. The van der Waals surface area contributed by atoms with Gasteiger partial charge in [-0.2, -0.15) is 0 Å². The average Bonchev–Trinajstić information content (AvgIpc) is 2.49. The number of nitrogens with one attached hydrogen (secondary N) is 1. The normalized spacial score (nSPS) is 29.4. The van der Waals surface area contributed by atoms with E-state index in [0.717, 1.165) is 25.7 Å². The van der Waals surface area contributed by atoms with Crippen LogP contribution < -0.4 is 5.32 Å². The summed E-state index contributed by atoms with van der Waals surface area (Å²) in [6.07, 6.45) is 3.63. The SMILES string of the molecule is CC(C)(C)C(CCO)NC1CCCC1O. The van der Waals surface area contributed by atoms with E-state index in [1.54, 1.807) is 0 Å². The molecule has 0 aliphatic heterocycles. The molecule has 3 unspecified atom stereocenters. The number of hydrogen-bond acceptors (Lipinski definition) is 3. The topological polar surface area (TPSA) is 52.5 Å². The van der Waals surface area contributed by atoms with Crippen LogP contribution in [0.1, 0.15) is 46.5 Å². The maximum atomic E-state index is 9.75. The summed E-state index contributed by atoms with van der Waals surface area (Å²) in [5.74, 6) is 0. The minimum absolute atomic E-state index is 0.130. The van der Waals surface area contributed by atoms with Crippen LogP contribution in [0.3, 0.4) is 0 Å². The lowest BCUT2D eigenvalue weighted by Gasteiger charge is -2.34. The second-order valence-corrected chi connectivity index (χ2v) is 5.70. The monoisotopic (exact) mass is 215 g/mol. The molecule has 0 radical (unpaired) electrons. The molecule has 1 saturated carbocycles. The Hall–Kier alpha value is -0.120. The first-order valence-corrected chi connectivity index (χ1v) is 6.00. The van der Waals surface area contributed by atoms with Gasteiger partial charge in [-0.3, -0.25) is 0 Å². The zero-order chi connectivity index (χ0) is 11.5. The van der Waals surface area contributed by atoms with Crippen molar-refractivity contribution in [3.8, 4) is 0 Å². The van der Waals surface area contributed by atoms with E-state index in [4.69, 9.17) is 5.11 Å². The second-order valence-electron chi connectivity index (χ2n) is 5.70. The van der Waals surface area contributed by atoms with Gasteiger partial charge in [-0.05, 0) is 31.1 Å². The van der Waals surface area contributed by atoms with Gasteiger partial charge < -0.3 is 15.5 Å². The number of rotatable bonds is 4. The molecule has 0 aromatic carbocycles. The van der Waals surface area contributed by atoms with Gasteiger partial charge in [0.25, 0.3) is 0 Å². The van der Waals surface area contributed by atoms with E-state index in [1.807, 2.05) is 0 Å². The molecular formula is C12H25NO2. The first-order valence-electron chi connectivity index (χ1n) is 6.00. The third-order valence-electron chi connectivity index (χ3n) is 3.36. The zero-order valence-electron chi connectivity index (χ0n) is 10.2. The molecule has 1 aliphatic rings. The Morgan fingerprint density at radius 2 is 2.00 bits per heavy atom. The van der Waals surface area contributed by atoms with Gasteiger partial charge in [0, 0.05) is 18.7 Å². The number of aliphatic hydroxyl groups is 2. The van der Waals surface area contributed by atoms with Crippen LogP contribution in [-0.4, -0.2) is 35.0 Å². The van der Waals surface area contributed by atoms with E-state index >= 15 is 0 Å². The second kappa shape index (κ2) is 5.28. The Morgan fingerprint density at radius 3 is 2.40 bits per heavy atom. The molecule has 0 saturated heterocycles. The van der Waals surface area contributed by atoms with Crippen molar-refractivity contribution in [1.82, 2.24) is 5.32 Å². The van der Waals surface area contributed by atoms with Gasteiger partial charge in [0.05, 0.1) is 6.10 Å². The van der Waals surface area contributed by atoms with Gasteiger partial charge in [-0.25, -0.2) is 0 Å². The minimum Gasteiger partial charge on any atom is -0.396 e. The fourth-order valence-corrected chi connectivity index (χ4v) is 2.29. The highest BCUT2D eigenvalue weighted by Gasteiger charge is 2.31. The standard InChI is InChI=1S/C12H25NO2/c1-12(2,3)11(7-8-14)13-9-5-4-6-10(9)15/h9-11,13-15H,4-8H2,1-3H3. The van der Waals surface area contributed by atoms with Crippen molar-refractivity contribution < 1.29 is 10.2 Å². The highest BCUT2D eigenvalue weighted by atomic mass is 16.3. The van der Waals surface area contributed by atoms with E-state index in [2.05, 4.69) is 26.1 Å². The largest absolute Gasteiger partial charge is 0.396 e. The maximum Gasteiger partial charge on any atom is 0.0693 e. The Balaban J connectivity index is 2.50. The predicted octanol–water partition coefficient (Wildman–Crippen LogP) is 1.29. The average molecular weight is 215 g/mol. The van der Waals surface area contributed by atoms with Crippen molar-refractivity contribution in [3.63, 3.8) is 0 Å². The molecule has 0 aromatic rings. The molecule has 0 bridgehead atoms. The lowest BCUT2D eigenvalue weighted by Crippen LogP contribution is -2.49. The van der Waals surface area contributed by atoms with Gasteiger partial charge in [0.15, 0.2) is 0 Å². The van der Waals surface area contributed by atoms with Gasteiger partial charge in [0.1, 0.15) is 0 Å². The quantitative estimate of drug-likeness (QED) is 0.662. The van der Waals surface area contributed by atoms with E-state index in [9.17, 15) is 5.11 Å². The first-order chi connectivity index (χ1) is 6.95. The minimum atomic E-state index is -0.200. The lowest BCUT2D eigenvalue weighted by atomic mass is 9.84. The molecule has 0 amide bonds. The fraction of sp³-hybridized carbons (Fsp3) is 1.00. The Bertz CT molecular complexity index is 189. The maximum absolute atomic E-state index is 9.75. The van der Waals surface area contributed by atoms with Crippen LogP contribution in [0.25, 0.3) is 0 Å². The first kappa shape index (κ1) is 12.9. The highest BCUT2D eigenvalue weighted by molar-refractivity contribution is 4.89. The third kappa shape index (κ3) is 3.74. The smallest absolute Gasteiger partial charge is 0.0693 e. The summed E-state index contributed by atoms with van der Waals surface area (Å²) in [7, 11) is 0. The van der Waals surface area contributed by atoms with Crippen LogP contribution in [0.15, 0.2) is 0 Å². The molecule has 0 heterocycles. The van der Waals surface area contributed by atoms with Crippen LogP contribution in [-0.2, 0) is 0 Å². The number of aliphatic hydroxyl groups excluding tert-OH is 2. The summed E-state index contributed by atoms with van der Waals surface area (Å²) in [5, 5.41) is 22.3. The molecule has 3 heteroatoms. The van der Waals surface area contributed by atoms with Crippen LogP contribution in [0.5, 0.6) is 0 Å². The Labute approximate surface area is 92.9 Å². The molecular weight excluding hydrogens is 190 g/mol. The third-order valence-corrected chi connectivity index (χ3v) is 3.36. The van der Waals surface area contributed by atoms with Gasteiger partial charge >= 0.3 is 0 Å². The summed E-state index contributed by atoms with van der Waals surface area (Å²) >= 11 is 0. The van der Waals surface area contributed by atoms with Crippen LogP contribution in [0.2, 0.25) is 0 Å². The van der Waals surface area contributed by atoms with Gasteiger partial charge in [-0.15, -0.1) is 0 Å². The molecule has 1 fully saturated rings. The zero-order valence-corrected chi connectivity index (χ0v) is 10.2. The fourth-order valence-electron chi connectivity index (χ4n) is 2.29. The lowest BCUT2D eigenvalue weighted by molar-refractivity contribution is 0.116. The molecule has 90 valence electrons. The molecule has 3 atom stereocenters. The van der Waals surface area contributed by atoms with Gasteiger partial charge in [-0.1, -0.05) is 20.8 Å². The van der Waals surface area contributed by atoms with Crippen molar-refractivity contribution in [1.29, 1.82) is 0 Å². The van der Waals surface area contributed by atoms with E-state index < -0.39 is 0 Å². The summed E-state index contributed by atoms with van der Waals surface area (Å²) in [5.41, 5.74) is 0.130. The Morgan fingerprint density at radius 1 is 1.33 bits per heavy atom. The van der Waals surface area contributed by atoms with Crippen molar-refractivity contribution in [3.05, 3.63) is 0 Å². The van der Waals surface area contributed by atoms with E-state index in [1.165, 1.54) is 0 Å². The van der Waals surface area contributed by atoms with Crippen molar-refractivity contribution in [2.75, 3.05) is 6.61 Å². The molecule has 15 heavy (non-hydrogen) atoms. The van der Waals surface area contributed by atoms with Crippen molar-refractivity contribution >= 4 is 0 Å². The molecule has 3 nitrogen and oxygen atoms in total. The van der Waals surface area contributed by atoms with E-state index in [0.29, 0.717) is 0 Å². The molecule has 3 N–H and O–H groups in total. The predicted molar refractivity (Wildman–Crippen MR) is 61.7 cm³/mol. The highest BCUT2D eigenvalue weighted by Crippen LogP contribution is 2.26. The summed E-state index contributed by atoms with van der Waals surface area (Å²) in [4.78, 5) is 0. The van der Waals surface area contributed by atoms with Gasteiger partial charge in [0.2, 0.25) is 0 Å².